The van der Waals surface area contributed by atoms with Gasteiger partial charge in [0.1, 0.15) is 5.82 Å². The van der Waals surface area contributed by atoms with Gasteiger partial charge in [-0.15, -0.1) is 0 Å². The molecule has 1 saturated heterocycles. The van der Waals surface area contributed by atoms with E-state index in [1.165, 1.54) is 0 Å². The number of anilines is 3. The lowest BCUT2D eigenvalue weighted by atomic mass is 10.3. The molecule has 1 N–H and O–H groups in total. The van der Waals surface area contributed by atoms with Crippen LogP contribution in [0.5, 0.6) is 0 Å². The predicted octanol–water partition coefficient (Wildman–Crippen LogP) is 2.60. The molecule has 24 heavy (non-hydrogen) atoms. The molecule has 4 rings (SSSR count). The first-order chi connectivity index (χ1) is 11.7. The Morgan fingerprint density at radius 2 is 2.04 bits per heavy atom. The SMILES string of the molecule is Cn1ncc2c(N3CCOCC3)nc(Nc3cccc(Cl)c3)nc21. The molecule has 1 fully saturated rings. The summed E-state index contributed by atoms with van der Waals surface area (Å²) in [7, 11) is 1.88. The number of hydrogen-bond donors (Lipinski definition) is 1. The molecular formula is C16H17ClN6O. The number of halogens is 1. The van der Waals surface area contributed by atoms with Crippen LogP contribution in [0.3, 0.4) is 0 Å². The maximum atomic E-state index is 6.05. The van der Waals surface area contributed by atoms with Gasteiger partial charge in [0.2, 0.25) is 5.95 Å². The molecule has 0 aliphatic carbocycles. The number of nitrogens with one attached hydrogen (secondary N) is 1. The fraction of sp³-hybridized carbons (Fsp3) is 0.312. The van der Waals surface area contributed by atoms with E-state index in [0.717, 1.165) is 35.6 Å². The van der Waals surface area contributed by atoms with Crippen molar-refractivity contribution < 1.29 is 4.74 Å². The van der Waals surface area contributed by atoms with E-state index in [4.69, 9.17) is 21.3 Å². The number of aromatic nitrogens is 4. The van der Waals surface area contributed by atoms with Gasteiger partial charge in [0.05, 0.1) is 24.8 Å². The molecule has 0 radical (unpaired) electrons. The highest BCUT2D eigenvalue weighted by atomic mass is 35.5. The van der Waals surface area contributed by atoms with E-state index in [-0.39, 0.29) is 0 Å². The van der Waals surface area contributed by atoms with E-state index < -0.39 is 0 Å². The lowest BCUT2D eigenvalue weighted by Gasteiger charge is -2.28. The lowest BCUT2D eigenvalue weighted by molar-refractivity contribution is 0.122. The Morgan fingerprint density at radius 3 is 2.83 bits per heavy atom. The summed E-state index contributed by atoms with van der Waals surface area (Å²) in [5.41, 5.74) is 1.63. The Kier molecular flexibility index (Phi) is 3.95. The molecule has 3 aromatic rings. The normalized spacial score (nSPS) is 15.0. The molecule has 0 unspecified atom stereocenters. The maximum Gasteiger partial charge on any atom is 0.231 e. The van der Waals surface area contributed by atoms with E-state index in [0.29, 0.717) is 24.2 Å². The van der Waals surface area contributed by atoms with E-state index >= 15 is 0 Å². The van der Waals surface area contributed by atoms with Gasteiger partial charge < -0.3 is 15.0 Å². The van der Waals surface area contributed by atoms with Crippen molar-refractivity contribution in [2.24, 2.45) is 7.05 Å². The minimum absolute atomic E-state index is 0.523. The number of fused-ring (bicyclic) bond motifs is 1. The van der Waals surface area contributed by atoms with Crippen LogP contribution in [-0.2, 0) is 11.8 Å². The van der Waals surface area contributed by atoms with E-state index in [1.807, 2.05) is 37.5 Å². The second-order valence-corrected chi connectivity index (χ2v) is 6.05. The summed E-state index contributed by atoms with van der Waals surface area (Å²) in [6.07, 6.45) is 1.81. The van der Waals surface area contributed by atoms with Gasteiger partial charge in [0, 0.05) is 30.8 Å². The van der Waals surface area contributed by atoms with Gasteiger partial charge in [-0.3, -0.25) is 4.68 Å². The predicted molar refractivity (Wildman–Crippen MR) is 94.1 cm³/mol. The van der Waals surface area contributed by atoms with Gasteiger partial charge in [0.25, 0.3) is 0 Å². The lowest BCUT2D eigenvalue weighted by Crippen LogP contribution is -2.37. The fourth-order valence-electron chi connectivity index (χ4n) is 2.77. The molecule has 0 spiro atoms. The van der Waals surface area contributed by atoms with Gasteiger partial charge in [0.15, 0.2) is 5.65 Å². The van der Waals surface area contributed by atoms with Crippen LogP contribution in [0.25, 0.3) is 11.0 Å². The Balaban J connectivity index is 1.76. The van der Waals surface area contributed by atoms with Crippen LogP contribution in [0, 0.1) is 0 Å². The quantitative estimate of drug-likeness (QED) is 0.787. The molecule has 7 nitrogen and oxygen atoms in total. The summed E-state index contributed by atoms with van der Waals surface area (Å²) in [5, 5.41) is 9.15. The molecule has 1 aliphatic rings. The zero-order valence-electron chi connectivity index (χ0n) is 13.2. The van der Waals surface area contributed by atoms with Crippen molar-refractivity contribution in [3.05, 3.63) is 35.5 Å². The Bertz CT molecular complexity index is 874. The summed E-state index contributed by atoms with van der Waals surface area (Å²) < 4.78 is 7.20. The largest absolute Gasteiger partial charge is 0.378 e. The summed E-state index contributed by atoms with van der Waals surface area (Å²) in [5.74, 6) is 1.40. The van der Waals surface area contributed by atoms with Crippen LogP contribution in [0.2, 0.25) is 5.02 Å². The molecule has 2 aromatic heterocycles. The Hall–Kier alpha value is -2.38. The molecule has 1 aromatic carbocycles. The summed E-state index contributed by atoms with van der Waals surface area (Å²) in [6.45, 7) is 3.00. The Labute approximate surface area is 144 Å². The van der Waals surface area contributed by atoms with Crippen molar-refractivity contribution in [2.75, 3.05) is 36.5 Å². The highest BCUT2D eigenvalue weighted by Gasteiger charge is 2.19. The molecule has 0 saturated carbocycles. The molecule has 8 heteroatoms. The molecule has 0 atom stereocenters. The van der Waals surface area contributed by atoms with Gasteiger partial charge in [-0.05, 0) is 18.2 Å². The van der Waals surface area contributed by atoms with Crippen LogP contribution >= 0.6 is 11.6 Å². The van der Waals surface area contributed by atoms with Crippen molar-refractivity contribution in [1.29, 1.82) is 0 Å². The Morgan fingerprint density at radius 1 is 1.21 bits per heavy atom. The minimum atomic E-state index is 0.523. The highest BCUT2D eigenvalue weighted by Crippen LogP contribution is 2.27. The first kappa shape index (κ1) is 15.2. The number of ether oxygens (including phenoxy) is 1. The first-order valence-corrected chi connectivity index (χ1v) is 8.13. The van der Waals surface area contributed by atoms with Crippen molar-refractivity contribution >= 4 is 40.1 Å². The van der Waals surface area contributed by atoms with E-state index in [1.54, 1.807) is 4.68 Å². The highest BCUT2D eigenvalue weighted by molar-refractivity contribution is 6.30. The fourth-order valence-corrected chi connectivity index (χ4v) is 2.96. The van der Waals surface area contributed by atoms with Gasteiger partial charge in [-0.25, -0.2) is 0 Å². The first-order valence-electron chi connectivity index (χ1n) is 7.76. The summed E-state index contributed by atoms with van der Waals surface area (Å²) in [4.78, 5) is 11.5. The average Bonchev–Trinajstić information content (AvgIpc) is 2.96. The third kappa shape index (κ3) is 2.88. The second-order valence-electron chi connectivity index (χ2n) is 5.61. The van der Waals surface area contributed by atoms with Crippen molar-refractivity contribution in [1.82, 2.24) is 19.7 Å². The number of aryl methyl sites for hydroxylation is 1. The van der Waals surface area contributed by atoms with Gasteiger partial charge in [-0.2, -0.15) is 15.1 Å². The van der Waals surface area contributed by atoms with Crippen LogP contribution in [0.1, 0.15) is 0 Å². The van der Waals surface area contributed by atoms with E-state index in [9.17, 15) is 0 Å². The van der Waals surface area contributed by atoms with Gasteiger partial charge in [-0.1, -0.05) is 17.7 Å². The third-order valence-corrected chi connectivity index (χ3v) is 4.20. The van der Waals surface area contributed by atoms with Gasteiger partial charge >= 0.3 is 0 Å². The van der Waals surface area contributed by atoms with Crippen LogP contribution in [0.15, 0.2) is 30.5 Å². The van der Waals surface area contributed by atoms with Crippen LogP contribution in [0.4, 0.5) is 17.5 Å². The smallest absolute Gasteiger partial charge is 0.231 e. The van der Waals surface area contributed by atoms with Crippen LogP contribution < -0.4 is 10.2 Å². The average molecular weight is 345 g/mol. The maximum absolute atomic E-state index is 6.05. The zero-order chi connectivity index (χ0) is 16.5. The topological polar surface area (TPSA) is 68.1 Å². The standard InChI is InChI=1S/C16H17ClN6O/c1-22-14-13(10-18-22)15(23-5-7-24-8-6-23)21-16(20-14)19-12-4-2-3-11(17)9-12/h2-4,9-10H,5-8H2,1H3,(H,19,20,21). The monoisotopic (exact) mass is 344 g/mol. The number of benzene rings is 1. The summed E-state index contributed by atoms with van der Waals surface area (Å²) in [6, 6.07) is 7.48. The van der Waals surface area contributed by atoms with E-state index in [2.05, 4.69) is 20.3 Å². The minimum Gasteiger partial charge on any atom is -0.378 e. The second kappa shape index (κ2) is 6.26. The number of rotatable bonds is 3. The molecule has 0 amide bonds. The van der Waals surface area contributed by atoms with Crippen molar-refractivity contribution in [3.63, 3.8) is 0 Å². The zero-order valence-corrected chi connectivity index (χ0v) is 14.0. The number of hydrogen-bond acceptors (Lipinski definition) is 6. The third-order valence-electron chi connectivity index (χ3n) is 3.96. The van der Waals surface area contributed by atoms with Crippen molar-refractivity contribution in [2.45, 2.75) is 0 Å². The van der Waals surface area contributed by atoms with Crippen LogP contribution in [-0.4, -0.2) is 46.1 Å². The summed E-state index contributed by atoms with van der Waals surface area (Å²) >= 11 is 6.05. The molecule has 3 heterocycles. The molecule has 1 aliphatic heterocycles. The molecule has 124 valence electrons. The number of morpholine rings is 1. The molecule has 0 bridgehead atoms. The molecular weight excluding hydrogens is 328 g/mol. The van der Waals surface area contributed by atoms with Crippen molar-refractivity contribution in [3.8, 4) is 0 Å². The number of nitrogens with zero attached hydrogens (tertiary/aromatic N) is 5.